The van der Waals surface area contributed by atoms with Gasteiger partial charge in [0.15, 0.2) is 11.5 Å². The molecule has 0 unspecified atom stereocenters. The van der Waals surface area contributed by atoms with E-state index in [2.05, 4.69) is 14.7 Å². The molecule has 0 aliphatic rings. The van der Waals surface area contributed by atoms with E-state index in [4.69, 9.17) is 9.47 Å². The molecule has 1 heterocycles. The number of hydrogen-bond acceptors (Lipinski definition) is 7. The Labute approximate surface area is 203 Å². The molecule has 0 atom stereocenters. The van der Waals surface area contributed by atoms with Gasteiger partial charge in [-0.15, -0.1) is 0 Å². The smallest absolute Gasteiger partial charge is 0.387 e. The van der Waals surface area contributed by atoms with E-state index in [-0.39, 0.29) is 17.6 Å². The first kappa shape index (κ1) is 25.9. The summed E-state index contributed by atoms with van der Waals surface area (Å²) in [6.45, 7) is 6.29. The predicted molar refractivity (Wildman–Crippen MR) is 128 cm³/mol. The molecular formula is C26H29F2N3O4. The normalized spacial score (nSPS) is 11.5. The van der Waals surface area contributed by atoms with E-state index in [0.717, 1.165) is 0 Å². The molecule has 2 aromatic carbocycles. The average molecular weight is 486 g/mol. The van der Waals surface area contributed by atoms with Crippen molar-refractivity contribution in [3.63, 3.8) is 0 Å². The number of benzene rings is 2. The molecule has 7 nitrogen and oxygen atoms in total. The van der Waals surface area contributed by atoms with Gasteiger partial charge in [0.05, 0.1) is 30.1 Å². The van der Waals surface area contributed by atoms with Crippen molar-refractivity contribution in [2.45, 2.75) is 59.5 Å². The van der Waals surface area contributed by atoms with Crippen molar-refractivity contribution in [3.8, 4) is 11.5 Å². The second-order valence-electron chi connectivity index (χ2n) is 9.01. The van der Waals surface area contributed by atoms with Crippen molar-refractivity contribution < 1.29 is 27.8 Å². The first-order valence-corrected chi connectivity index (χ1v) is 11.1. The van der Waals surface area contributed by atoms with Crippen LogP contribution < -0.4 is 14.4 Å². The monoisotopic (exact) mass is 485 g/mol. The van der Waals surface area contributed by atoms with E-state index in [1.165, 1.54) is 6.07 Å². The number of aromatic nitrogens is 2. The summed E-state index contributed by atoms with van der Waals surface area (Å²) in [5, 5.41) is 0. The van der Waals surface area contributed by atoms with Crippen molar-refractivity contribution in [3.05, 3.63) is 72.3 Å². The number of ether oxygens (including phenoxy) is 3. The van der Waals surface area contributed by atoms with E-state index in [0.29, 0.717) is 29.2 Å². The molecule has 0 amide bonds. The Morgan fingerprint density at radius 2 is 1.74 bits per heavy atom. The maximum absolute atomic E-state index is 12.9. The summed E-state index contributed by atoms with van der Waals surface area (Å²) >= 11 is 0. The standard InChI is InChI=1S/C26H29F2N3O4/c1-17(2)33-23-14-21(9-10-22(23)34-25(27)28)31(16-19-15-29-11-12-30-19)20-8-6-7-18(13-20)24(32)35-26(3,4)5/h6-15,17,25H,16H2,1-5H3. The third-order valence-corrected chi connectivity index (χ3v) is 4.55. The van der Waals surface area contributed by atoms with Crippen LogP contribution in [0.5, 0.6) is 11.5 Å². The van der Waals surface area contributed by atoms with Crippen LogP contribution in [0.1, 0.15) is 50.7 Å². The number of nitrogens with zero attached hydrogens (tertiary/aromatic N) is 3. The average Bonchev–Trinajstić information content (AvgIpc) is 2.78. The van der Waals surface area contributed by atoms with Gasteiger partial charge in [-0.2, -0.15) is 8.78 Å². The van der Waals surface area contributed by atoms with Gasteiger partial charge in [0.2, 0.25) is 0 Å². The Balaban J connectivity index is 2.06. The summed E-state index contributed by atoms with van der Waals surface area (Å²) in [6.07, 6.45) is 4.51. The molecular weight excluding hydrogens is 456 g/mol. The molecule has 186 valence electrons. The third-order valence-electron chi connectivity index (χ3n) is 4.55. The van der Waals surface area contributed by atoms with E-state index in [1.54, 1.807) is 83.5 Å². The van der Waals surface area contributed by atoms with Crippen molar-refractivity contribution in [2.24, 2.45) is 0 Å². The number of hydrogen-bond donors (Lipinski definition) is 0. The topological polar surface area (TPSA) is 73.8 Å². The van der Waals surface area contributed by atoms with Gasteiger partial charge in [0.25, 0.3) is 0 Å². The van der Waals surface area contributed by atoms with Gasteiger partial charge < -0.3 is 19.1 Å². The molecule has 1 aromatic heterocycles. The zero-order valence-corrected chi connectivity index (χ0v) is 20.4. The number of halogens is 2. The first-order chi connectivity index (χ1) is 16.5. The molecule has 0 radical (unpaired) electrons. The Hall–Kier alpha value is -3.75. The highest BCUT2D eigenvalue weighted by molar-refractivity contribution is 5.91. The Bertz CT molecular complexity index is 1130. The second-order valence-corrected chi connectivity index (χ2v) is 9.01. The molecule has 0 saturated carbocycles. The van der Waals surface area contributed by atoms with Gasteiger partial charge in [0.1, 0.15) is 5.60 Å². The van der Waals surface area contributed by atoms with Crippen LogP contribution in [0, 0.1) is 0 Å². The van der Waals surface area contributed by atoms with E-state index < -0.39 is 18.2 Å². The molecule has 35 heavy (non-hydrogen) atoms. The van der Waals surface area contributed by atoms with Crippen molar-refractivity contribution in [1.82, 2.24) is 9.97 Å². The van der Waals surface area contributed by atoms with Gasteiger partial charge in [0, 0.05) is 29.8 Å². The Morgan fingerprint density at radius 1 is 1.00 bits per heavy atom. The van der Waals surface area contributed by atoms with Gasteiger partial charge in [-0.3, -0.25) is 9.97 Å². The SMILES string of the molecule is CC(C)Oc1cc(N(Cc2cnccn2)c2cccc(C(=O)OC(C)(C)C)c2)ccc1OC(F)F. The number of esters is 1. The lowest BCUT2D eigenvalue weighted by atomic mass is 10.1. The number of alkyl halides is 2. The fraction of sp³-hybridized carbons (Fsp3) is 0.346. The summed E-state index contributed by atoms with van der Waals surface area (Å²) in [6, 6.07) is 11.6. The van der Waals surface area contributed by atoms with Crippen LogP contribution in [0.3, 0.4) is 0 Å². The minimum absolute atomic E-state index is 0.0700. The maximum Gasteiger partial charge on any atom is 0.387 e. The molecule has 0 spiro atoms. The molecule has 0 N–H and O–H groups in total. The molecule has 3 rings (SSSR count). The summed E-state index contributed by atoms with van der Waals surface area (Å²) in [7, 11) is 0. The molecule has 0 fully saturated rings. The van der Waals surface area contributed by atoms with E-state index >= 15 is 0 Å². The second kappa shape index (κ2) is 11.1. The van der Waals surface area contributed by atoms with E-state index in [1.807, 2.05) is 11.0 Å². The number of anilines is 2. The van der Waals surface area contributed by atoms with Gasteiger partial charge in [-0.05, 0) is 65.0 Å². The first-order valence-electron chi connectivity index (χ1n) is 11.1. The molecule has 0 aliphatic heterocycles. The minimum atomic E-state index is -2.99. The lowest BCUT2D eigenvalue weighted by Crippen LogP contribution is -2.24. The highest BCUT2D eigenvalue weighted by Gasteiger charge is 2.21. The zero-order valence-electron chi connectivity index (χ0n) is 20.4. The lowest BCUT2D eigenvalue weighted by Gasteiger charge is -2.27. The molecule has 0 aliphatic carbocycles. The van der Waals surface area contributed by atoms with Crippen LogP contribution in [-0.4, -0.2) is 34.3 Å². The largest absolute Gasteiger partial charge is 0.487 e. The van der Waals surface area contributed by atoms with Gasteiger partial charge in [-0.1, -0.05) is 6.07 Å². The van der Waals surface area contributed by atoms with Crippen LogP contribution >= 0.6 is 0 Å². The predicted octanol–water partition coefficient (Wildman–Crippen LogP) is 6.16. The lowest BCUT2D eigenvalue weighted by molar-refractivity contribution is -0.0518. The van der Waals surface area contributed by atoms with Crippen LogP contribution in [-0.2, 0) is 11.3 Å². The highest BCUT2D eigenvalue weighted by Crippen LogP contribution is 2.37. The fourth-order valence-electron chi connectivity index (χ4n) is 3.25. The van der Waals surface area contributed by atoms with Crippen LogP contribution in [0.25, 0.3) is 0 Å². The van der Waals surface area contributed by atoms with Gasteiger partial charge >= 0.3 is 12.6 Å². The molecule has 0 saturated heterocycles. The quantitative estimate of drug-likeness (QED) is 0.336. The summed E-state index contributed by atoms with van der Waals surface area (Å²) in [4.78, 5) is 23.0. The minimum Gasteiger partial charge on any atom is -0.487 e. The fourth-order valence-corrected chi connectivity index (χ4v) is 3.25. The van der Waals surface area contributed by atoms with Crippen molar-refractivity contribution in [1.29, 1.82) is 0 Å². The zero-order chi connectivity index (χ0) is 25.6. The number of carbonyl (C=O) groups excluding carboxylic acids is 1. The molecule has 3 aromatic rings. The van der Waals surface area contributed by atoms with Crippen molar-refractivity contribution in [2.75, 3.05) is 4.90 Å². The Kier molecular flexibility index (Phi) is 8.22. The summed E-state index contributed by atoms with van der Waals surface area (Å²) in [5.74, 6) is -0.354. The Morgan fingerprint density at radius 3 is 2.37 bits per heavy atom. The van der Waals surface area contributed by atoms with Crippen molar-refractivity contribution >= 4 is 17.3 Å². The molecule has 0 bridgehead atoms. The van der Waals surface area contributed by atoms with Gasteiger partial charge in [-0.25, -0.2) is 4.79 Å². The van der Waals surface area contributed by atoms with Crippen LogP contribution in [0.2, 0.25) is 0 Å². The summed E-state index contributed by atoms with van der Waals surface area (Å²) in [5.41, 5.74) is 1.68. The van der Waals surface area contributed by atoms with Crippen LogP contribution in [0.4, 0.5) is 20.2 Å². The number of rotatable bonds is 9. The third kappa shape index (κ3) is 7.63. The van der Waals surface area contributed by atoms with E-state index in [9.17, 15) is 13.6 Å². The van der Waals surface area contributed by atoms with Crippen LogP contribution in [0.15, 0.2) is 61.1 Å². The molecule has 9 heteroatoms. The number of carbonyl (C=O) groups is 1. The maximum atomic E-state index is 12.9. The summed E-state index contributed by atoms with van der Waals surface area (Å²) < 4.78 is 41.8. The highest BCUT2D eigenvalue weighted by atomic mass is 19.3.